The molecular formula is C7H6BrN3. The number of rotatable bonds is 0. The molecule has 1 aliphatic rings. The van der Waals surface area contributed by atoms with Crippen molar-refractivity contribution in [2.45, 2.75) is 11.9 Å². The molecular weight excluding hydrogens is 206 g/mol. The lowest BCUT2D eigenvalue weighted by atomic mass is 10.2. The van der Waals surface area contributed by atoms with Gasteiger partial charge in [-0.1, -0.05) is 22.0 Å². The number of aryl methyl sites for hydroxylation is 1. The molecule has 11 heavy (non-hydrogen) atoms. The van der Waals surface area contributed by atoms with E-state index < -0.39 is 0 Å². The number of hydrogen-bond acceptors (Lipinski definition) is 3. The lowest BCUT2D eigenvalue weighted by Crippen LogP contribution is -1.84. The van der Waals surface area contributed by atoms with Gasteiger partial charge in [-0.25, -0.2) is 4.98 Å². The fraction of sp³-hybridized carbons (Fsp3) is 0.286. The lowest BCUT2D eigenvalue weighted by Gasteiger charge is -1.97. The van der Waals surface area contributed by atoms with Gasteiger partial charge in [0.2, 0.25) is 0 Å². The number of fused-ring (bicyclic) bond motifs is 1. The number of hydrogen-bond donors (Lipinski definition) is 0. The molecule has 0 amide bonds. The Morgan fingerprint density at radius 1 is 1.45 bits per heavy atom. The van der Waals surface area contributed by atoms with Gasteiger partial charge in [0.15, 0.2) is 10.8 Å². The molecule has 0 saturated carbocycles. The van der Waals surface area contributed by atoms with E-state index in [1.165, 1.54) is 0 Å². The topological polar surface area (TPSA) is 37.6 Å². The van der Waals surface area contributed by atoms with Gasteiger partial charge in [0.25, 0.3) is 0 Å². The van der Waals surface area contributed by atoms with Crippen LogP contribution in [0.4, 0.5) is 5.82 Å². The van der Waals surface area contributed by atoms with Crippen LogP contribution in [0.1, 0.15) is 16.2 Å². The highest BCUT2D eigenvalue weighted by molar-refractivity contribution is 9.09. The van der Waals surface area contributed by atoms with Crippen LogP contribution in [0.2, 0.25) is 0 Å². The van der Waals surface area contributed by atoms with Crippen LogP contribution < -0.4 is 0 Å². The molecule has 2 heterocycles. The van der Waals surface area contributed by atoms with Gasteiger partial charge in [-0.05, 0) is 13.0 Å². The van der Waals surface area contributed by atoms with Gasteiger partial charge >= 0.3 is 0 Å². The third kappa shape index (κ3) is 1.07. The Balaban J connectivity index is 2.58. The van der Waals surface area contributed by atoms with Crippen molar-refractivity contribution in [1.29, 1.82) is 0 Å². The molecule has 0 fully saturated rings. The maximum atomic E-state index is 4.21. The van der Waals surface area contributed by atoms with E-state index in [2.05, 4.69) is 31.1 Å². The van der Waals surface area contributed by atoms with E-state index in [0.29, 0.717) is 0 Å². The third-order valence-electron chi connectivity index (χ3n) is 1.56. The van der Waals surface area contributed by atoms with Crippen molar-refractivity contribution in [3.05, 3.63) is 23.4 Å². The summed E-state index contributed by atoms with van der Waals surface area (Å²) in [6.45, 7) is 1.94. The normalized spacial score (nSPS) is 20.4. The van der Waals surface area contributed by atoms with Crippen molar-refractivity contribution < 1.29 is 0 Å². The third-order valence-corrected chi connectivity index (χ3v) is 2.23. The van der Waals surface area contributed by atoms with Gasteiger partial charge in [0.05, 0.1) is 0 Å². The molecule has 3 nitrogen and oxygen atoms in total. The first-order valence-electron chi connectivity index (χ1n) is 3.30. The molecule has 0 bridgehead atoms. The highest BCUT2D eigenvalue weighted by Gasteiger charge is 2.17. The van der Waals surface area contributed by atoms with Crippen molar-refractivity contribution in [2.75, 3.05) is 0 Å². The van der Waals surface area contributed by atoms with Crippen LogP contribution in [0.3, 0.4) is 0 Å². The molecule has 2 rings (SSSR count). The first kappa shape index (κ1) is 6.91. The zero-order chi connectivity index (χ0) is 7.84. The maximum Gasteiger partial charge on any atom is 0.180 e. The van der Waals surface area contributed by atoms with Crippen molar-refractivity contribution in [3.8, 4) is 0 Å². The summed E-state index contributed by atoms with van der Waals surface area (Å²) >= 11 is 3.36. The molecule has 1 aliphatic heterocycles. The van der Waals surface area contributed by atoms with E-state index in [1.807, 2.05) is 19.1 Å². The van der Waals surface area contributed by atoms with Crippen molar-refractivity contribution >= 4 is 21.7 Å². The van der Waals surface area contributed by atoms with E-state index in [0.717, 1.165) is 17.1 Å². The zero-order valence-electron chi connectivity index (χ0n) is 5.95. The molecule has 1 aromatic rings. The van der Waals surface area contributed by atoms with Crippen LogP contribution in [0.15, 0.2) is 22.4 Å². The molecule has 4 heteroatoms. The molecule has 1 atom stereocenters. The average Bonchev–Trinajstić information content (AvgIpc) is 2.32. The molecule has 0 aromatic carbocycles. The van der Waals surface area contributed by atoms with Gasteiger partial charge in [0, 0.05) is 11.3 Å². The zero-order valence-corrected chi connectivity index (χ0v) is 7.54. The van der Waals surface area contributed by atoms with Gasteiger partial charge in [-0.15, -0.1) is 5.11 Å². The standard InChI is InChI=1S/C7H6BrN3/c1-4-2-3-5-6(8)10-11-7(5)9-4/h2-3,6H,1H3. The number of alkyl halides is 1. The maximum absolute atomic E-state index is 4.21. The first-order valence-corrected chi connectivity index (χ1v) is 4.21. The van der Waals surface area contributed by atoms with E-state index in [4.69, 9.17) is 0 Å². The summed E-state index contributed by atoms with van der Waals surface area (Å²) < 4.78 is 0. The summed E-state index contributed by atoms with van der Waals surface area (Å²) in [6.07, 6.45) is 0. The van der Waals surface area contributed by atoms with Crippen LogP contribution in [-0.2, 0) is 0 Å². The largest absolute Gasteiger partial charge is 0.232 e. The second-order valence-corrected chi connectivity index (χ2v) is 3.28. The Morgan fingerprint density at radius 2 is 2.27 bits per heavy atom. The molecule has 0 aliphatic carbocycles. The fourth-order valence-electron chi connectivity index (χ4n) is 0.987. The molecule has 0 saturated heterocycles. The Bertz CT molecular complexity index is 321. The summed E-state index contributed by atoms with van der Waals surface area (Å²) in [4.78, 5) is 4.22. The predicted molar refractivity (Wildman–Crippen MR) is 45.2 cm³/mol. The summed E-state index contributed by atoms with van der Waals surface area (Å²) in [5.74, 6) is 0.742. The Hall–Kier alpha value is -0.770. The van der Waals surface area contributed by atoms with Crippen molar-refractivity contribution in [1.82, 2.24) is 4.98 Å². The van der Waals surface area contributed by atoms with E-state index in [9.17, 15) is 0 Å². The Labute approximate surface area is 72.7 Å². The molecule has 1 aromatic heterocycles. The van der Waals surface area contributed by atoms with Crippen LogP contribution in [-0.4, -0.2) is 4.98 Å². The summed E-state index contributed by atoms with van der Waals surface area (Å²) in [7, 11) is 0. The SMILES string of the molecule is Cc1ccc2c(n1)N=NC2Br. The van der Waals surface area contributed by atoms with Gasteiger partial charge in [-0.3, -0.25) is 0 Å². The molecule has 1 unspecified atom stereocenters. The number of pyridine rings is 1. The van der Waals surface area contributed by atoms with Gasteiger partial charge in [0.1, 0.15) is 0 Å². The van der Waals surface area contributed by atoms with Gasteiger partial charge in [-0.2, -0.15) is 5.11 Å². The quantitative estimate of drug-likeness (QED) is 0.481. The highest BCUT2D eigenvalue weighted by Crippen LogP contribution is 2.37. The van der Waals surface area contributed by atoms with Crippen LogP contribution in [0.5, 0.6) is 0 Å². The molecule has 0 radical (unpaired) electrons. The number of azo groups is 1. The second-order valence-electron chi connectivity index (χ2n) is 2.42. The van der Waals surface area contributed by atoms with Crippen molar-refractivity contribution in [2.24, 2.45) is 10.2 Å². The first-order chi connectivity index (χ1) is 5.27. The fourth-order valence-corrected chi connectivity index (χ4v) is 1.44. The molecule has 56 valence electrons. The van der Waals surface area contributed by atoms with E-state index >= 15 is 0 Å². The number of aromatic nitrogens is 1. The summed E-state index contributed by atoms with van der Waals surface area (Å²) in [5, 5.41) is 7.83. The summed E-state index contributed by atoms with van der Waals surface area (Å²) in [5.41, 5.74) is 2.03. The van der Waals surface area contributed by atoms with Gasteiger partial charge < -0.3 is 0 Å². The van der Waals surface area contributed by atoms with Crippen LogP contribution in [0, 0.1) is 6.92 Å². The Morgan fingerprint density at radius 3 is 3.09 bits per heavy atom. The lowest BCUT2D eigenvalue weighted by molar-refractivity contribution is 1.03. The van der Waals surface area contributed by atoms with E-state index in [-0.39, 0.29) is 4.95 Å². The average molecular weight is 212 g/mol. The van der Waals surface area contributed by atoms with Crippen LogP contribution in [0.25, 0.3) is 0 Å². The number of halogens is 1. The molecule has 0 spiro atoms. The Kier molecular flexibility index (Phi) is 1.49. The van der Waals surface area contributed by atoms with Crippen LogP contribution >= 0.6 is 15.9 Å². The number of nitrogens with zero attached hydrogens (tertiary/aromatic N) is 3. The summed E-state index contributed by atoms with van der Waals surface area (Å²) in [6, 6.07) is 3.96. The predicted octanol–water partition coefficient (Wildman–Crippen LogP) is 2.88. The second kappa shape index (κ2) is 2.37. The minimum absolute atomic E-state index is 0.00519. The monoisotopic (exact) mass is 211 g/mol. The highest BCUT2D eigenvalue weighted by atomic mass is 79.9. The van der Waals surface area contributed by atoms with Crippen molar-refractivity contribution in [3.63, 3.8) is 0 Å². The minimum atomic E-state index is 0.00519. The smallest absolute Gasteiger partial charge is 0.180 e. The minimum Gasteiger partial charge on any atom is -0.232 e. The van der Waals surface area contributed by atoms with E-state index in [1.54, 1.807) is 0 Å². The molecule has 0 N–H and O–H groups in total.